The Bertz CT molecular complexity index is 1220. The molecule has 11 heteroatoms. The molecule has 31 heavy (non-hydrogen) atoms. The number of thiophene rings is 1. The third kappa shape index (κ3) is 3.79. The van der Waals surface area contributed by atoms with Crippen LogP contribution in [0.25, 0.3) is 20.8 Å². The van der Waals surface area contributed by atoms with Gasteiger partial charge in [-0.25, -0.2) is 4.98 Å². The summed E-state index contributed by atoms with van der Waals surface area (Å²) >= 11 is 2.80. The van der Waals surface area contributed by atoms with Crippen LogP contribution in [0.3, 0.4) is 0 Å². The second-order valence-corrected chi connectivity index (χ2v) is 9.03. The number of fused-ring (bicyclic) bond motifs is 1. The van der Waals surface area contributed by atoms with Gasteiger partial charge in [-0.05, 0) is 29.6 Å². The Morgan fingerprint density at radius 2 is 1.90 bits per heavy atom. The molecule has 1 N–H and O–H groups in total. The summed E-state index contributed by atoms with van der Waals surface area (Å²) in [5, 5.41) is 9.54. The number of aromatic nitrogens is 3. The monoisotopic (exact) mass is 463 g/mol. The number of halogens is 3. The van der Waals surface area contributed by atoms with Crippen LogP contribution < -0.4 is 4.90 Å². The number of hydrogen-bond acceptors (Lipinski definition) is 6. The van der Waals surface area contributed by atoms with Gasteiger partial charge in [-0.1, -0.05) is 23.5 Å². The molecule has 1 aliphatic rings. The molecule has 0 radical (unpaired) electrons. The Morgan fingerprint density at radius 1 is 1.10 bits per heavy atom. The number of anilines is 1. The Morgan fingerprint density at radius 3 is 2.61 bits per heavy atom. The standard InChI is InChI=1S/C20H16F3N5OS2/c21-20(22,23)12-3-1-4-16-17(12)24-19(31-16)28-8-6-27(7-9-28)18(29)14-11-13(25-26-14)15-5-2-10-30-15/h1-5,10-11H,6-9H2,(H,25,26). The van der Waals surface area contributed by atoms with Gasteiger partial charge in [0.25, 0.3) is 5.91 Å². The van der Waals surface area contributed by atoms with Crippen LogP contribution >= 0.6 is 22.7 Å². The number of hydrogen-bond donors (Lipinski definition) is 1. The van der Waals surface area contributed by atoms with Crippen molar-refractivity contribution in [2.75, 3.05) is 31.1 Å². The summed E-state index contributed by atoms with van der Waals surface area (Å²) in [4.78, 5) is 21.7. The van der Waals surface area contributed by atoms with Gasteiger partial charge >= 0.3 is 6.18 Å². The molecule has 1 saturated heterocycles. The molecule has 0 unspecified atom stereocenters. The van der Waals surface area contributed by atoms with Crippen LogP contribution in [0.4, 0.5) is 18.3 Å². The van der Waals surface area contributed by atoms with E-state index >= 15 is 0 Å². The lowest BCUT2D eigenvalue weighted by Gasteiger charge is -2.34. The number of amides is 1. The number of aromatic amines is 1. The topological polar surface area (TPSA) is 65.1 Å². The predicted molar refractivity (Wildman–Crippen MR) is 115 cm³/mol. The maximum atomic E-state index is 13.3. The van der Waals surface area contributed by atoms with Crippen LogP contribution in [0.2, 0.25) is 0 Å². The van der Waals surface area contributed by atoms with E-state index in [1.807, 2.05) is 22.4 Å². The van der Waals surface area contributed by atoms with Crippen LogP contribution in [-0.2, 0) is 6.18 Å². The van der Waals surface area contributed by atoms with E-state index in [9.17, 15) is 18.0 Å². The summed E-state index contributed by atoms with van der Waals surface area (Å²) in [6.07, 6.45) is -4.44. The first-order chi connectivity index (χ1) is 14.9. The molecule has 1 aromatic carbocycles. The minimum Gasteiger partial charge on any atom is -0.345 e. The minimum atomic E-state index is -4.44. The Hall–Kier alpha value is -2.92. The summed E-state index contributed by atoms with van der Waals surface area (Å²) in [7, 11) is 0. The average Bonchev–Trinajstić information content (AvgIpc) is 3.52. The predicted octanol–water partition coefficient (Wildman–Crippen LogP) is 4.73. The zero-order valence-electron chi connectivity index (χ0n) is 16.0. The maximum absolute atomic E-state index is 13.3. The number of nitrogens with one attached hydrogen (secondary N) is 1. The maximum Gasteiger partial charge on any atom is 0.418 e. The fourth-order valence-electron chi connectivity index (χ4n) is 3.55. The molecular formula is C20H16F3N5OS2. The van der Waals surface area contributed by atoms with Gasteiger partial charge < -0.3 is 9.80 Å². The van der Waals surface area contributed by atoms with Gasteiger partial charge in [0.15, 0.2) is 10.8 Å². The average molecular weight is 464 g/mol. The van der Waals surface area contributed by atoms with E-state index in [-0.39, 0.29) is 11.4 Å². The molecule has 160 valence electrons. The molecular weight excluding hydrogens is 447 g/mol. The van der Waals surface area contributed by atoms with Crippen molar-refractivity contribution in [3.63, 3.8) is 0 Å². The van der Waals surface area contributed by atoms with Gasteiger partial charge in [0.2, 0.25) is 0 Å². The van der Waals surface area contributed by atoms with E-state index in [2.05, 4.69) is 15.2 Å². The fourth-order valence-corrected chi connectivity index (χ4v) is 5.29. The molecule has 6 nitrogen and oxygen atoms in total. The third-order valence-corrected chi connectivity index (χ3v) is 7.12. The number of H-pyrrole nitrogens is 1. The number of alkyl halides is 3. The van der Waals surface area contributed by atoms with Crippen molar-refractivity contribution in [3.8, 4) is 10.6 Å². The molecule has 4 aromatic rings. The lowest BCUT2D eigenvalue weighted by atomic mass is 10.2. The molecule has 5 rings (SSSR count). The molecule has 3 aromatic heterocycles. The summed E-state index contributed by atoms with van der Waals surface area (Å²) in [5.41, 5.74) is 0.408. The van der Waals surface area contributed by atoms with Gasteiger partial charge in [-0.15, -0.1) is 11.3 Å². The van der Waals surface area contributed by atoms with E-state index in [0.29, 0.717) is 41.7 Å². The number of rotatable bonds is 3. The van der Waals surface area contributed by atoms with Crippen LogP contribution in [0, 0.1) is 0 Å². The molecule has 0 bridgehead atoms. The molecule has 4 heterocycles. The van der Waals surface area contributed by atoms with Crippen LogP contribution in [0.5, 0.6) is 0 Å². The number of piperazine rings is 1. The van der Waals surface area contributed by atoms with Gasteiger partial charge in [0.05, 0.1) is 26.4 Å². The highest BCUT2D eigenvalue weighted by Crippen LogP contribution is 2.38. The smallest absolute Gasteiger partial charge is 0.345 e. The normalized spacial score (nSPS) is 15.1. The van der Waals surface area contributed by atoms with Crippen molar-refractivity contribution >= 4 is 43.9 Å². The van der Waals surface area contributed by atoms with Crippen LogP contribution in [0.15, 0.2) is 41.8 Å². The molecule has 0 spiro atoms. The van der Waals surface area contributed by atoms with Crippen molar-refractivity contribution in [3.05, 3.63) is 53.0 Å². The molecule has 1 amide bonds. The molecule has 1 fully saturated rings. The van der Waals surface area contributed by atoms with Crippen LogP contribution in [0.1, 0.15) is 16.1 Å². The SMILES string of the molecule is O=C(c1cc(-c2cccs2)[nH]n1)N1CCN(c2nc3c(C(F)(F)F)cccc3s2)CC1. The molecule has 0 aliphatic carbocycles. The highest BCUT2D eigenvalue weighted by molar-refractivity contribution is 7.22. The number of para-hydroxylation sites is 1. The van der Waals surface area contributed by atoms with Crippen molar-refractivity contribution in [2.45, 2.75) is 6.18 Å². The van der Waals surface area contributed by atoms with E-state index in [1.165, 1.54) is 17.4 Å². The van der Waals surface area contributed by atoms with Gasteiger partial charge in [0, 0.05) is 26.2 Å². The molecule has 0 saturated carbocycles. The van der Waals surface area contributed by atoms with E-state index in [1.54, 1.807) is 28.4 Å². The van der Waals surface area contributed by atoms with Gasteiger partial charge in [-0.3, -0.25) is 9.89 Å². The van der Waals surface area contributed by atoms with Crippen molar-refractivity contribution in [1.29, 1.82) is 0 Å². The summed E-state index contributed by atoms with van der Waals surface area (Å²) in [5.74, 6) is -0.164. The zero-order valence-corrected chi connectivity index (χ0v) is 17.7. The number of thiazole rings is 1. The zero-order chi connectivity index (χ0) is 21.6. The first kappa shape index (κ1) is 20.0. The van der Waals surface area contributed by atoms with Crippen molar-refractivity contribution < 1.29 is 18.0 Å². The Labute approximate surface area is 182 Å². The second kappa shape index (κ2) is 7.65. The first-order valence-electron chi connectivity index (χ1n) is 9.50. The largest absolute Gasteiger partial charge is 0.418 e. The summed E-state index contributed by atoms with van der Waals surface area (Å²) in [6.45, 7) is 1.88. The number of nitrogens with zero attached hydrogens (tertiary/aromatic N) is 4. The minimum absolute atomic E-state index is 0.0221. The Kier molecular flexibility index (Phi) is 4.94. The highest BCUT2D eigenvalue weighted by Gasteiger charge is 2.34. The number of benzene rings is 1. The van der Waals surface area contributed by atoms with E-state index < -0.39 is 11.7 Å². The molecule has 0 atom stereocenters. The first-order valence-corrected chi connectivity index (χ1v) is 11.2. The van der Waals surface area contributed by atoms with Crippen LogP contribution in [-0.4, -0.2) is 52.2 Å². The van der Waals surface area contributed by atoms with E-state index in [4.69, 9.17) is 0 Å². The number of carbonyl (C=O) groups excluding carboxylic acids is 1. The van der Waals surface area contributed by atoms with Gasteiger partial charge in [-0.2, -0.15) is 18.3 Å². The highest BCUT2D eigenvalue weighted by atomic mass is 32.1. The lowest BCUT2D eigenvalue weighted by molar-refractivity contribution is -0.136. The summed E-state index contributed by atoms with van der Waals surface area (Å²) < 4.78 is 40.3. The quantitative estimate of drug-likeness (QED) is 0.477. The molecule has 1 aliphatic heterocycles. The van der Waals surface area contributed by atoms with Crippen molar-refractivity contribution in [2.24, 2.45) is 0 Å². The van der Waals surface area contributed by atoms with E-state index in [0.717, 1.165) is 16.6 Å². The summed E-state index contributed by atoms with van der Waals surface area (Å²) in [6, 6.07) is 9.73. The third-order valence-electron chi connectivity index (χ3n) is 5.13. The second-order valence-electron chi connectivity index (χ2n) is 7.07. The van der Waals surface area contributed by atoms with Crippen molar-refractivity contribution in [1.82, 2.24) is 20.1 Å². The lowest BCUT2D eigenvalue weighted by Crippen LogP contribution is -2.48. The fraction of sp³-hybridized carbons (Fsp3) is 0.250. The van der Waals surface area contributed by atoms with Gasteiger partial charge in [0.1, 0.15) is 0 Å². The Balaban J connectivity index is 1.29. The number of carbonyl (C=O) groups is 1.